The first-order valence-corrected chi connectivity index (χ1v) is 13.7. The monoisotopic (exact) mass is 518 g/mol. The Morgan fingerprint density at radius 1 is 0.514 bits per heavy atom. The third-order valence-electron chi connectivity index (χ3n) is 5.95. The molecule has 0 spiro atoms. The van der Waals surface area contributed by atoms with Crippen LogP contribution in [0.15, 0.2) is 72.8 Å². The molecule has 3 rings (SSSR count). The second-order valence-electron chi connectivity index (χ2n) is 8.98. The summed E-state index contributed by atoms with van der Waals surface area (Å²) in [5.74, 6) is -1.17. The fourth-order valence-corrected chi connectivity index (χ4v) is 5.03. The van der Waals surface area contributed by atoms with Gasteiger partial charge in [0.25, 0.3) is 11.8 Å². The fourth-order valence-electron chi connectivity index (χ4n) is 3.93. The third-order valence-corrected chi connectivity index (χ3v) is 7.15. The Morgan fingerprint density at radius 2 is 0.946 bits per heavy atom. The lowest BCUT2D eigenvalue weighted by molar-refractivity contribution is -0.121. The minimum absolute atomic E-state index is 0.222. The minimum atomic E-state index is -0.356. The SMILES string of the molecule is O=C(CCCCCCCc1ccc(CCCC(=O)NC(=O)c2ccccc2)s1)NC(=O)c1ccccc1. The number of imide groups is 2. The normalized spacial score (nSPS) is 10.6. The Bertz CT molecular complexity index is 1160. The molecule has 0 radical (unpaired) electrons. The van der Waals surface area contributed by atoms with Crippen LogP contribution in [0.25, 0.3) is 0 Å². The van der Waals surface area contributed by atoms with Gasteiger partial charge in [0.1, 0.15) is 0 Å². The second-order valence-corrected chi connectivity index (χ2v) is 10.2. The molecule has 0 saturated carbocycles. The van der Waals surface area contributed by atoms with E-state index in [0.717, 1.165) is 44.9 Å². The average molecular weight is 519 g/mol. The van der Waals surface area contributed by atoms with Gasteiger partial charge in [0.15, 0.2) is 0 Å². The van der Waals surface area contributed by atoms with Gasteiger partial charge in [-0.1, -0.05) is 55.7 Å². The summed E-state index contributed by atoms with van der Waals surface area (Å²) < 4.78 is 0. The standard InChI is InChI=1S/C30H34N2O4S/c33-27(31-29(35)23-13-6-4-7-14-23)19-11-3-1-2-10-17-25-21-22-26(37-25)18-12-20-28(34)32-30(36)24-15-8-5-9-16-24/h4-9,13-16,21-22H,1-3,10-12,17-20H2,(H,31,33,35)(H,32,34,36). The summed E-state index contributed by atoms with van der Waals surface area (Å²) in [7, 11) is 0. The van der Waals surface area contributed by atoms with Crippen molar-refractivity contribution in [2.75, 3.05) is 0 Å². The Morgan fingerprint density at radius 3 is 1.49 bits per heavy atom. The molecule has 6 nitrogen and oxygen atoms in total. The molecule has 0 unspecified atom stereocenters. The van der Waals surface area contributed by atoms with E-state index in [4.69, 9.17) is 0 Å². The van der Waals surface area contributed by atoms with Gasteiger partial charge in [0.05, 0.1) is 0 Å². The van der Waals surface area contributed by atoms with Crippen LogP contribution in [0.1, 0.15) is 81.8 Å². The molecule has 7 heteroatoms. The zero-order chi connectivity index (χ0) is 26.3. The van der Waals surface area contributed by atoms with Crippen LogP contribution < -0.4 is 10.6 Å². The van der Waals surface area contributed by atoms with Crippen molar-refractivity contribution in [3.63, 3.8) is 0 Å². The Kier molecular flexibility index (Phi) is 11.7. The number of nitrogens with one attached hydrogen (secondary N) is 2. The lowest BCUT2D eigenvalue weighted by Crippen LogP contribution is -2.30. The van der Waals surface area contributed by atoms with Crippen molar-refractivity contribution in [1.29, 1.82) is 0 Å². The van der Waals surface area contributed by atoms with E-state index in [1.165, 1.54) is 9.75 Å². The average Bonchev–Trinajstić information content (AvgIpc) is 3.36. The van der Waals surface area contributed by atoms with Crippen LogP contribution in [-0.4, -0.2) is 23.6 Å². The number of benzene rings is 2. The van der Waals surface area contributed by atoms with Crippen LogP contribution >= 0.6 is 11.3 Å². The van der Waals surface area contributed by atoms with E-state index < -0.39 is 0 Å². The van der Waals surface area contributed by atoms with Crippen molar-refractivity contribution >= 4 is 35.0 Å². The number of thiophene rings is 1. The third kappa shape index (κ3) is 10.5. The summed E-state index contributed by atoms with van der Waals surface area (Å²) in [6.45, 7) is 0. The summed E-state index contributed by atoms with van der Waals surface area (Å²) in [6.07, 6.45) is 8.27. The maximum absolute atomic E-state index is 12.0. The van der Waals surface area contributed by atoms with Crippen molar-refractivity contribution in [3.8, 4) is 0 Å². The van der Waals surface area contributed by atoms with Gasteiger partial charge in [-0.05, 0) is 68.5 Å². The van der Waals surface area contributed by atoms with E-state index in [1.54, 1.807) is 59.9 Å². The fraction of sp³-hybridized carbons (Fsp3) is 0.333. The molecule has 0 aliphatic rings. The molecule has 1 heterocycles. The summed E-state index contributed by atoms with van der Waals surface area (Å²) in [4.78, 5) is 50.6. The van der Waals surface area contributed by atoms with Gasteiger partial charge in [0.2, 0.25) is 11.8 Å². The second kappa shape index (κ2) is 15.5. The van der Waals surface area contributed by atoms with Crippen molar-refractivity contribution < 1.29 is 19.2 Å². The zero-order valence-corrected chi connectivity index (χ0v) is 21.9. The van der Waals surface area contributed by atoms with Gasteiger partial charge in [-0.3, -0.25) is 29.8 Å². The Hall–Kier alpha value is -3.58. The topological polar surface area (TPSA) is 92.3 Å². The molecule has 1 aromatic heterocycles. The predicted octanol–water partition coefficient (Wildman–Crippen LogP) is 5.87. The first-order valence-electron chi connectivity index (χ1n) is 12.9. The van der Waals surface area contributed by atoms with Crippen molar-refractivity contribution in [2.45, 2.75) is 64.2 Å². The molecular formula is C30H34N2O4S. The molecule has 0 atom stereocenters. The molecule has 0 saturated heterocycles. The first-order chi connectivity index (χ1) is 18.0. The highest BCUT2D eigenvalue weighted by atomic mass is 32.1. The zero-order valence-electron chi connectivity index (χ0n) is 21.0. The summed E-state index contributed by atoms with van der Waals surface area (Å²) >= 11 is 1.79. The number of hydrogen-bond acceptors (Lipinski definition) is 5. The quantitative estimate of drug-likeness (QED) is 0.261. The molecule has 2 N–H and O–H groups in total. The molecule has 0 bridgehead atoms. The van der Waals surface area contributed by atoms with Crippen molar-refractivity contribution in [2.24, 2.45) is 0 Å². The highest BCUT2D eigenvalue weighted by Crippen LogP contribution is 2.21. The highest BCUT2D eigenvalue weighted by Gasteiger charge is 2.11. The van der Waals surface area contributed by atoms with Crippen LogP contribution in [0.2, 0.25) is 0 Å². The largest absolute Gasteiger partial charge is 0.292 e. The van der Waals surface area contributed by atoms with Gasteiger partial charge in [0, 0.05) is 33.7 Å². The molecule has 2 aromatic carbocycles. The number of hydrogen-bond donors (Lipinski definition) is 2. The Balaban J connectivity index is 1.20. The minimum Gasteiger partial charge on any atom is -0.292 e. The molecule has 3 aromatic rings. The number of aryl methyl sites for hydroxylation is 2. The molecule has 0 aliphatic carbocycles. The summed E-state index contributed by atoms with van der Waals surface area (Å²) in [5, 5.41) is 4.89. The first kappa shape index (κ1) is 28.0. The van der Waals surface area contributed by atoms with E-state index >= 15 is 0 Å². The smallest absolute Gasteiger partial charge is 0.257 e. The van der Waals surface area contributed by atoms with Crippen molar-refractivity contribution in [3.05, 3.63) is 93.7 Å². The number of unbranched alkanes of at least 4 members (excludes halogenated alkanes) is 4. The molecule has 37 heavy (non-hydrogen) atoms. The predicted molar refractivity (Wildman–Crippen MR) is 146 cm³/mol. The van der Waals surface area contributed by atoms with E-state index in [-0.39, 0.29) is 23.6 Å². The van der Waals surface area contributed by atoms with E-state index in [9.17, 15) is 19.2 Å². The molecule has 0 fully saturated rings. The maximum Gasteiger partial charge on any atom is 0.257 e. The van der Waals surface area contributed by atoms with Crippen LogP contribution in [0.4, 0.5) is 0 Å². The van der Waals surface area contributed by atoms with Crippen LogP contribution in [0, 0.1) is 0 Å². The van der Waals surface area contributed by atoms with Crippen LogP contribution in [0.3, 0.4) is 0 Å². The molecule has 0 aliphatic heterocycles. The van der Waals surface area contributed by atoms with E-state index in [1.807, 2.05) is 12.1 Å². The highest BCUT2D eigenvalue weighted by molar-refractivity contribution is 7.11. The van der Waals surface area contributed by atoms with E-state index in [2.05, 4.69) is 22.8 Å². The van der Waals surface area contributed by atoms with Crippen LogP contribution in [0.5, 0.6) is 0 Å². The number of amides is 4. The number of rotatable bonds is 14. The lowest BCUT2D eigenvalue weighted by atomic mass is 10.1. The molecular weight excluding hydrogens is 484 g/mol. The lowest BCUT2D eigenvalue weighted by Gasteiger charge is -2.04. The molecule has 194 valence electrons. The number of carbonyl (C=O) groups excluding carboxylic acids is 4. The van der Waals surface area contributed by atoms with Crippen molar-refractivity contribution in [1.82, 2.24) is 10.6 Å². The van der Waals surface area contributed by atoms with Gasteiger partial charge in [-0.15, -0.1) is 11.3 Å². The van der Waals surface area contributed by atoms with E-state index in [0.29, 0.717) is 30.4 Å². The maximum atomic E-state index is 12.0. The summed E-state index contributed by atoms with van der Waals surface area (Å²) in [5.41, 5.74) is 0.980. The van der Waals surface area contributed by atoms with Gasteiger partial charge < -0.3 is 0 Å². The van der Waals surface area contributed by atoms with Crippen LogP contribution in [-0.2, 0) is 22.4 Å². The number of carbonyl (C=O) groups is 4. The molecule has 4 amide bonds. The Labute approximate surface area is 222 Å². The van der Waals surface area contributed by atoms with Gasteiger partial charge >= 0.3 is 0 Å². The van der Waals surface area contributed by atoms with Gasteiger partial charge in [-0.2, -0.15) is 0 Å². The summed E-state index contributed by atoms with van der Waals surface area (Å²) in [6, 6.07) is 21.8. The van der Waals surface area contributed by atoms with Gasteiger partial charge in [-0.25, -0.2) is 0 Å².